The molecule has 0 amide bonds. The third-order valence-corrected chi connectivity index (χ3v) is 4.04. The van der Waals surface area contributed by atoms with Crippen molar-refractivity contribution in [1.82, 2.24) is 25.0 Å². The van der Waals surface area contributed by atoms with E-state index in [9.17, 15) is 4.79 Å². The maximum Gasteiger partial charge on any atom is 0.335 e. The zero-order valence-electron chi connectivity index (χ0n) is 14.5. The van der Waals surface area contributed by atoms with Crippen LogP contribution in [0.15, 0.2) is 54.6 Å². The number of aromatic nitrogens is 5. The van der Waals surface area contributed by atoms with Gasteiger partial charge in [-0.1, -0.05) is 35.5 Å². The van der Waals surface area contributed by atoms with E-state index in [0.717, 1.165) is 5.56 Å². The highest BCUT2D eigenvalue weighted by Gasteiger charge is 2.14. The molecule has 0 fully saturated rings. The number of carbonyl (C=O) groups is 1. The van der Waals surface area contributed by atoms with Crippen molar-refractivity contribution in [3.8, 4) is 0 Å². The molecule has 4 aromatic rings. The smallest absolute Gasteiger partial charge is 0.335 e. The van der Waals surface area contributed by atoms with Crippen LogP contribution in [0.4, 0.5) is 11.5 Å². The maximum atomic E-state index is 11.0. The second kappa shape index (κ2) is 6.83. The van der Waals surface area contributed by atoms with E-state index in [4.69, 9.17) is 5.11 Å². The van der Waals surface area contributed by atoms with Crippen molar-refractivity contribution in [3.63, 3.8) is 0 Å². The van der Waals surface area contributed by atoms with Crippen molar-refractivity contribution >= 4 is 28.6 Å². The second-order valence-electron chi connectivity index (χ2n) is 6.03. The standard InChI is InChI=1S/C19H16N6O2/c1-12-20-17(22-15-9-7-14(8-10-15)19(26)27)16-18(21-12)25(24-23-16)11-13-5-3-2-4-6-13/h2-10H,11H2,1H3,(H,26,27)(H,20,21,22). The van der Waals surface area contributed by atoms with Crippen molar-refractivity contribution in [3.05, 3.63) is 71.5 Å². The fraction of sp³-hybridized carbons (Fsp3) is 0.105. The number of aryl methyl sites for hydroxylation is 1. The van der Waals surface area contributed by atoms with Crippen LogP contribution in [0.3, 0.4) is 0 Å². The fourth-order valence-electron chi connectivity index (χ4n) is 2.75. The summed E-state index contributed by atoms with van der Waals surface area (Å²) in [5.74, 6) is 0.148. The molecule has 8 heteroatoms. The summed E-state index contributed by atoms with van der Waals surface area (Å²) in [6.07, 6.45) is 0. The molecule has 0 atom stereocenters. The topological polar surface area (TPSA) is 106 Å². The average molecular weight is 360 g/mol. The lowest BCUT2D eigenvalue weighted by Crippen LogP contribution is -2.05. The number of carboxylic acids is 1. The minimum absolute atomic E-state index is 0.221. The third-order valence-electron chi connectivity index (χ3n) is 4.04. The lowest BCUT2D eigenvalue weighted by molar-refractivity contribution is 0.0697. The van der Waals surface area contributed by atoms with E-state index >= 15 is 0 Å². The molecular weight excluding hydrogens is 344 g/mol. The summed E-state index contributed by atoms with van der Waals surface area (Å²) < 4.78 is 1.73. The summed E-state index contributed by atoms with van der Waals surface area (Å²) in [6.45, 7) is 2.36. The van der Waals surface area contributed by atoms with Crippen LogP contribution in [0.25, 0.3) is 11.2 Å². The SMILES string of the molecule is Cc1nc(Nc2ccc(C(=O)O)cc2)c2nnn(Cc3ccccc3)c2n1. The Bertz CT molecular complexity index is 1110. The first kappa shape index (κ1) is 16.6. The van der Waals surface area contributed by atoms with Gasteiger partial charge >= 0.3 is 5.97 Å². The van der Waals surface area contributed by atoms with Crippen LogP contribution < -0.4 is 5.32 Å². The highest BCUT2D eigenvalue weighted by molar-refractivity contribution is 5.89. The average Bonchev–Trinajstić information content (AvgIpc) is 3.06. The van der Waals surface area contributed by atoms with Crippen LogP contribution in [-0.2, 0) is 6.54 Å². The number of nitrogens with one attached hydrogen (secondary N) is 1. The molecular formula is C19H16N6O2. The van der Waals surface area contributed by atoms with Crippen LogP contribution in [-0.4, -0.2) is 36.0 Å². The molecule has 4 rings (SSSR count). The van der Waals surface area contributed by atoms with Gasteiger partial charge in [0.1, 0.15) is 5.82 Å². The van der Waals surface area contributed by atoms with Crippen molar-refractivity contribution in [2.45, 2.75) is 13.5 Å². The van der Waals surface area contributed by atoms with E-state index in [2.05, 4.69) is 25.6 Å². The number of rotatable bonds is 5. The number of carboxylic acid groups (broad SMARTS) is 1. The Hall–Kier alpha value is -3.81. The monoisotopic (exact) mass is 360 g/mol. The molecule has 0 radical (unpaired) electrons. The van der Waals surface area contributed by atoms with E-state index in [1.54, 1.807) is 23.7 Å². The van der Waals surface area contributed by atoms with Crippen LogP contribution in [0.2, 0.25) is 0 Å². The van der Waals surface area contributed by atoms with Gasteiger partial charge in [-0.15, -0.1) is 5.10 Å². The van der Waals surface area contributed by atoms with Gasteiger partial charge in [0.15, 0.2) is 17.0 Å². The number of hydrogen-bond donors (Lipinski definition) is 2. The zero-order chi connectivity index (χ0) is 18.8. The number of nitrogens with zero attached hydrogens (tertiary/aromatic N) is 5. The lowest BCUT2D eigenvalue weighted by Gasteiger charge is -2.08. The van der Waals surface area contributed by atoms with Gasteiger partial charge in [-0.25, -0.2) is 19.4 Å². The maximum absolute atomic E-state index is 11.0. The van der Waals surface area contributed by atoms with E-state index in [-0.39, 0.29) is 5.56 Å². The molecule has 0 spiro atoms. The fourth-order valence-corrected chi connectivity index (χ4v) is 2.75. The van der Waals surface area contributed by atoms with E-state index in [0.29, 0.717) is 35.0 Å². The highest BCUT2D eigenvalue weighted by Crippen LogP contribution is 2.22. The minimum atomic E-state index is -0.967. The van der Waals surface area contributed by atoms with Crippen molar-refractivity contribution in [1.29, 1.82) is 0 Å². The summed E-state index contributed by atoms with van der Waals surface area (Å²) in [6, 6.07) is 16.4. The molecule has 2 aromatic carbocycles. The predicted molar refractivity (Wildman–Crippen MR) is 100 cm³/mol. The number of aromatic carboxylic acids is 1. The van der Waals surface area contributed by atoms with E-state index in [1.807, 2.05) is 30.3 Å². The molecule has 0 aliphatic rings. The normalized spacial score (nSPS) is 10.9. The number of benzene rings is 2. The van der Waals surface area contributed by atoms with Gasteiger partial charge in [0.05, 0.1) is 12.1 Å². The van der Waals surface area contributed by atoms with Gasteiger partial charge in [-0.05, 0) is 36.8 Å². The molecule has 8 nitrogen and oxygen atoms in total. The quantitative estimate of drug-likeness (QED) is 0.563. The highest BCUT2D eigenvalue weighted by atomic mass is 16.4. The molecule has 0 bridgehead atoms. The Morgan fingerprint density at radius 3 is 2.52 bits per heavy atom. The van der Waals surface area contributed by atoms with Crippen LogP contribution in [0, 0.1) is 6.92 Å². The van der Waals surface area contributed by atoms with Crippen molar-refractivity contribution in [2.75, 3.05) is 5.32 Å². The van der Waals surface area contributed by atoms with Gasteiger partial charge in [-0.3, -0.25) is 0 Å². The molecule has 0 saturated heterocycles. The van der Waals surface area contributed by atoms with E-state index in [1.165, 1.54) is 12.1 Å². The van der Waals surface area contributed by atoms with Gasteiger partial charge < -0.3 is 10.4 Å². The Balaban J connectivity index is 1.68. The second-order valence-corrected chi connectivity index (χ2v) is 6.03. The Kier molecular flexibility index (Phi) is 4.21. The first-order valence-electron chi connectivity index (χ1n) is 8.32. The van der Waals surface area contributed by atoms with Crippen LogP contribution in [0.5, 0.6) is 0 Å². The van der Waals surface area contributed by atoms with Gasteiger partial charge in [0, 0.05) is 5.69 Å². The molecule has 27 heavy (non-hydrogen) atoms. The number of fused-ring (bicyclic) bond motifs is 1. The van der Waals surface area contributed by atoms with Crippen LogP contribution >= 0.6 is 0 Å². The van der Waals surface area contributed by atoms with Crippen molar-refractivity contribution in [2.24, 2.45) is 0 Å². The lowest BCUT2D eigenvalue weighted by atomic mass is 10.2. The molecule has 0 saturated carbocycles. The Morgan fingerprint density at radius 1 is 1.07 bits per heavy atom. The summed E-state index contributed by atoms with van der Waals surface area (Å²) in [5, 5.41) is 20.6. The van der Waals surface area contributed by atoms with Gasteiger partial charge in [0.25, 0.3) is 0 Å². The number of hydrogen-bond acceptors (Lipinski definition) is 6. The Labute approximate surface area is 154 Å². The van der Waals surface area contributed by atoms with Crippen molar-refractivity contribution < 1.29 is 9.90 Å². The predicted octanol–water partition coefficient (Wildman–Crippen LogP) is 3.02. The van der Waals surface area contributed by atoms with Gasteiger partial charge in [0.2, 0.25) is 0 Å². The Morgan fingerprint density at radius 2 is 1.81 bits per heavy atom. The first-order valence-corrected chi connectivity index (χ1v) is 8.32. The first-order chi connectivity index (χ1) is 13.1. The largest absolute Gasteiger partial charge is 0.478 e. The molecule has 0 aliphatic carbocycles. The van der Waals surface area contributed by atoms with Crippen LogP contribution in [0.1, 0.15) is 21.7 Å². The molecule has 0 unspecified atom stereocenters. The third kappa shape index (κ3) is 3.45. The summed E-state index contributed by atoms with van der Waals surface area (Å²) in [5.41, 5.74) is 3.21. The molecule has 2 aromatic heterocycles. The van der Waals surface area contributed by atoms with E-state index < -0.39 is 5.97 Å². The summed E-state index contributed by atoms with van der Waals surface area (Å²) in [7, 11) is 0. The minimum Gasteiger partial charge on any atom is -0.478 e. The zero-order valence-corrected chi connectivity index (χ0v) is 14.5. The summed E-state index contributed by atoms with van der Waals surface area (Å²) in [4.78, 5) is 19.9. The van der Waals surface area contributed by atoms with Gasteiger partial charge in [-0.2, -0.15) is 0 Å². The molecule has 2 N–H and O–H groups in total. The molecule has 134 valence electrons. The number of anilines is 2. The molecule has 2 heterocycles. The summed E-state index contributed by atoms with van der Waals surface area (Å²) >= 11 is 0. The molecule has 0 aliphatic heterocycles.